The number of alkyl halides is 1. The number of rotatable bonds is 3. The average Bonchev–Trinajstić information content (AvgIpc) is 2.48. The standard InChI is InChI=1S/C16H18ClNO/c17-10-15-12-19-9-8-18(15)11-14-6-3-5-13-4-1-2-7-16(13)14/h1-7,15H,8-12H2. The van der Waals surface area contributed by atoms with Crippen LogP contribution in [0.1, 0.15) is 5.56 Å². The molecule has 2 aromatic rings. The highest BCUT2D eigenvalue weighted by Crippen LogP contribution is 2.21. The summed E-state index contributed by atoms with van der Waals surface area (Å²) < 4.78 is 5.50. The maximum absolute atomic E-state index is 6.04. The molecule has 0 N–H and O–H groups in total. The Hall–Kier alpha value is -1.09. The van der Waals surface area contributed by atoms with Gasteiger partial charge in [-0.2, -0.15) is 0 Å². The zero-order valence-electron chi connectivity index (χ0n) is 10.9. The van der Waals surface area contributed by atoms with Crippen molar-refractivity contribution in [3.05, 3.63) is 48.0 Å². The van der Waals surface area contributed by atoms with Crippen LogP contribution in [0.5, 0.6) is 0 Å². The van der Waals surface area contributed by atoms with Gasteiger partial charge >= 0.3 is 0 Å². The molecule has 1 atom stereocenters. The van der Waals surface area contributed by atoms with Crippen LogP contribution in [0.15, 0.2) is 42.5 Å². The van der Waals surface area contributed by atoms with Crippen LogP contribution >= 0.6 is 11.6 Å². The summed E-state index contributed by atoms with van der Waals surface area (Å²) in [7, 11) is 0. The van der Waals surface area contributed by atoms with Crippen LogP contribution in [0.3, 0.4) is 0 Å². The molecule has 100 valence electrons. The predicted molar refractivity (Wildman–Crippen MR) is 79.7 cm³/mol. The summed E-state index contributed by atoms with van der Waals surface area (Å²) in [6.45, 7) is 3.45. The monoisotopic (exact) mass is 275 g/mol. The normalized spacial score (nSPS) is 20.8. The fourth-order valence-electron chi connectivity index (χ4n) is 2.69. The Balaban J connectivity index is 1.88. The van der Waals surface area contributed by atoms with E-state index in [9.17, 15) is 0 Å². The Bertz CT molecular complexity index is 552. The average molecular weight is 276 g/mol. The van der Waals surface area contributed by atoms with Crippen LogP contribution < -0.4 is 0 Å². The minimum atomic E-state index is 0.328. The molecule has 3 rings (SSSR count). The van der Waals surface area contributed by atoms with E-state index in [2.05, 4.69) is 47.4 Å². The maximum Gasteiger partial charge on any atom is 0.0634 e. The van der Waals surface area contributed by atoms with Crippen LogP contribution in [0.2, 0.25) is 0 Å². The first-order valence-corrected chi connectivity index (χ1v) is 7.26. The summed E-state index contributed by atoms with van der Waals surface area (Å²) >= 11 is 6.04. The number of hydrogen-bond donors (Lipinski definition) is 0. The third kappa shape index (κ3) is 2.76. The van der Waals surface area contributed by atoms with E-state index in [1.54, 1.807) is 0 Å². The Kier molecular flexibility index (Phi) is 4.02. The Labute approximate surface area is 118 Å². The van der Waals surface area contributed by atoms with Gasteiger partial charge in [0.1, 0.15) is 0 Å². The minimum Gasteiger partial charge on any atom is -0.378 e. The molecule has 2 aromatic carbocycles. The fourth-order valence-corrected chi connectivity index (χ4v) is 2.97. The summed E-state index contributed by atoms with van der Waals surface area (Å²) in [5, 5.41) is 2.64. The number of hydrogen-bond acceptors (Lipinski definition) is 2. The van der Waals surface area contributed by atoms with Gasteiger partial charge in [0, 0.05) is 25.0 Å². The van der Waals surface area contributed by atoms with Crippen molar-refractivity contribution in [2.24, 2.45) is 0 Å². The van der Waals surface area contributed by atoms with Crippen LogP contribution in [-0.2, 0) is 11.3 Å². The topological polar surface area (TPSA) is 12.5 Å². The van der Waals surface area contributed by atoms with E-state index < -0.39 is 0 Å². The second-order valence-electron chi connectivity index (χ2n) is 4.99. The van der Waals surface area contributed by atoms with Gasteiger partial charge in [0.2, 0.25) is 0 Å². The van der Waals surface area contributed by atoms with Gasteiger partial charge in [-0.15, -0.1) is 11.6 Å². The van der Waals surface area contributed by atoms with Gasteiger partial charge < -0.3 is 4.74 Å². The van der Waals surface area contributed by atoms with Gasteiger partial charge in [-0.05, 0) is 16.3 Å². The summed E-state index contributed by atoms with van der Waals surface area (Å²) in [6.07, 6.45) is 0. The predicted octanol–water partition coefficient (Wildman–Crippen LogP) is 3.28. The number of ether oxygens (including phenoxy) is 1. The van der Waals surface area contributed by atoms with E-state index in [-0.39, 0.29) is 0 Å². The van der Waals surface area contributed by atoms with Crippen LogP contribution in [0.4, 0.5) is 0 Å². The molecule has 0 aliphatic carbocycles. The van der Waals surface area contributed by atoms with Gasteiger partial charge in [0.25, 0.3) is 0 Å². The molecule has 1 unspecified atom stereocenters. The molecular formula is C16H18ClNO. The van der Waals surface area contributed by atoms with Crippen LogP contribution in [-0.4, -0.2) is 36.6 Å². The largest absolute Gasteiger partial charge is 0.378 e. The van der Waals surface area contributed by atoms with Crippen molar-refractivity contribution in [2.45, 2.75) is 12.6 Å². The number of morpholine rings is 1. The zero-order chi connectivity index (χ0) is 13.1. The van der Waals surface area contributed by atoms with Crippen molar-refractivity contribution in [3.63, 3.8) is 0 Å². The Morgan fingerprint density at radius 3 is 2.89 bits per heavy atom. The van der Waals surface area contributed by atoms with Crippen molar-refractivity contribution in [2.75, 3.05) is 25.6 Å². The molecule has 1 fully saturated rings. The first-order chi connectivity index (χ1) is 9.38. The number of halogens is 1. The number of nitrogens with zero attached hydrogens (tertiary/aromatic N) is 1. The van der Waals surface area contributed by atoms with Crippen molar-refractivity contribution >= 4 is 22.4 Å². The van der Waals surface area contributed by atoms with Crippen LogP contribution in [0, 0.1) is 0 Å². The Morgan fingerprint density at radius 1 is 1.16 bits per heavy atom. The maximum atomic E-state index is 6.04. The molecule has 1 aliphatic heterocycles. The summed E-state index contributed by atoms with van der Waals surface area (Å²) in [4.78, 5) is 2.43. The smallest absolute Gasteiger partial charge is 0.0634 e. The van der Waals surface area contributed by atoms with Crippen LogP contribution in [0.25, 0.3) is 10.8 Å². The van der Waals surface area contributed by atoms with Gasteiger partial charge in [0.15, 0.2) is 0 Å². The Morgan fingerprint density at radius 2 is 2.00 bits per heavy atom. The van der Waals surface area contributed by atoms with Gasteiger partial charge in [-0.25, -0.2) is 0 Å². The lowest BCUT2D eigenvalue weighted by molar-refractivity contribution is -0.00285. The van der Waals surface area contributed by atoms with Gasteiger partial charge in [-0.3, -0.25) is 4.90 Å². The van der Waals surface area contributed by atoms with E-state index in [4.69, 9.17) is 16.3 Å². The second kappa shape index (κ2) is 5.91. The molecule has 0 spiro atoms. The lowest BCUT2D eigenvalue weighted by atomic mass is 10.0. The molecule has 0 amide bonds. The minimum absolute atomic E-state index is 0.328. The molecule has 1 heterocycles. The highest BCUT2D eigenvalue weighted by Gasteiger charge is 2.22. The third-order valence-corrected chi connectivity index (χ3v) is 4.14. The quantitative estimate of drug-likeness (QED) is 0.797. The lowest BCUT2D eigenvalue weighted by Gasteiger charge is -2.34. The van der Waals surface area contributed by atoms with Crippen molar-refractivity contribution in [1.29, 1.82) is 0 Å². The lowest BCUT2D eigenvalue weighted by Crippen LogP contribution is -2.45. The molecule has 3 heteroatoms. The summed E-state index contributed by atoms with van der Waals surface area (Å²) in [5.41, 5.74) is 1.37. The van der Waals surface area contributed by atoms with E-state index in [1.807, 2.05) is 0 Å². The molecule has 0 bridgehead atoms. The van der Waals surface area contributed by atoms with E-state index in [0.717, 1.165) is 26.3 Å². The molecule has 0 radical (unpaired) electrons. The molecule has 0 saturated carbocycles. The number of benzene rings is 2. The number of fused-ring (bicyclic) bond motifs is 1. The van der Waals surface area contributed by atoms with Crippen molar-refractivity contribution < 1.29 is 4.74 Å². The molecule has 19 heavy (non-hydrogen) atoms. The first kappa shape index (κ1) is 12.9. The fraction of sp³-hybridized carbons (Fsp3) is 0.375. The highest BCUT2D eigenvalue weighted by atomic mass is 35.5. The van der Waals surface area contributed by atoms with Crippen molar-refractivity contribution in [3.8, 4) is 0 Å². The molecule has 0 aromatic heterocycles. The second-order valence-corrected chi connectivity index (χ2v) is 5.30. The first-order valence-electron chi connectivity index (χ1n) is 6.73. The SMILES string of the molecule is ClCC1COCCN1Cc1cccc2ccccc12. The summed E-state index contributed by atoms with van der Waals surface area (Å²) in [6, 6.07) is 15.4. The third-order valence-electron chi connectivity index (χ3n) is 3.78. The molecule has 1 aliphatic rings. The highest BCUT2D eigenvalue weighted by molar-refractivity contribution is 6.18. The van der Waals surface area contributed by atoms with Gasteiger partial charge in [0.05, 0.1) is 13.2 Å². The molecule has 1 saturated heterocycles. The van der Waals surface area contributed by atoms with Crippen molar-refractivity contribution in [1.82, 2.24) is 4.90 Å². The molecule has 2 nitrogen and oxygen atoms in total. The van der Waals surface area contributed by atoms with Gasteiger partial charge in [-0.1, -0.05) is 42.5 Å². The zero-order valence-corrected chi connectivity index (χ0v) is 11.6. The molecular weight excluding hydrogens is 258 g/mol. The van der Waals surface area contributed by atoms with E-state index >= 15 is 0 Å². The summed E-state index contributed by atoms with van der Waals surface area (Å²) in [5.74, 6) is 0.630. The van der Waals surface area contributed by atoms with E-state index in [1.165, 1.54) is 16.3 Å². The van der Waals surface area contributed by atoms with E-state index in [0.29, 0.717) is 11.9 Å².